The lowest BCUT2D eigenvalue weighted by Crippen LogP contribution is -2.32. The lowest BCUT2D eigenvalue weighted by Gasteiger charge is -2.25. The van der Waals surface area contributed by atoms with E-state index in [0.29, 0.717) is 11.5 Å². The standard InChI is InChI=1S/C13H17NO2/c1-9-5-6-11(7-12(9)15)13(16)14-8-10-3-2-4-10/h5-7,10,15H,2-4,8H2,1H3,(H,14,16). The summed E-state index contributed by atoms with van der Waals surface area (Å²) in [6.07, 6.45) is 3.73. The topological polar surface area (TPSA) is 49.3 Å². The number of aromatic hydroxyl groups is 1. The van der Waals surface area contributed by atoms with Crippen LogP contribution in [0.2, 0.25) is 0 Å². The van der Waals surface area contributed by atoms with Gasteiger partial charge >= 0.3 is 0 Å². The Morgan fingerprint density at radius 2 is 2.25 bits per heavy atom. The summed E-state index contributed by atoms with van der Waals surface area (Å²) in [7, 11) is 0. The van der Waals surface area contributed by atoms with Crippen LogP contribution in [0.4, 0.5) is 0 Å². The van der Waals surface area contributed by atoms with E-state index in [4.69, 9.17) is 0 Å². The van der Waals surface area contributed by atoms with Crippen molar-refractivity contribution in [3.63, 3.8) is 0 Å². The van der Waals surface area contributed by atoms with Gasteiger partial charge in [-0.2, -0.15) is 0 Å². The second-order valence-corrected chi connectivity index (χ2v) is 4.51. The molecule has 1 aliphatic carbocycles. The van der Waals surface area contributed by atoms with Gasteiger partial charge in [0.25, 0.3) is 5.91 Å². The molecule has 3 nitrogen and oxygen atoms in total. The van der Waals surface area contributed by atoms with E-state index in [1.807, 2.05) is 6.92 Å². The van der Waals surface area contributed by atoms with Crippen molar-refractivity contribution in [2.75, 3.05) is 6.54 Å². The van der Waals surface area contributed by atoms with Gasteiger partial charge in [-0.3, -0.25) is 4.79 Å². The van der Waals surface area contributed by atoms with Gasteiger partial charge in [0, 0.05) is 12.1 Å². The van der Waals surface area contributed by atoms with Crippen molar-refractivity contribution in [3.8, 4) is 5.75 Å². The molecular weight excluding hydrogens is 202 g/mol. The number of carbonyl (C=O) groups is 1. The minimum atomic E-state index is -0.0952. The van der Waals surface area contributed by atoms with E-state index in [9.17, 15) is 9.90 Å². The van der Waals surface area contributed by atoms with E-state index < -0.39 is 0 Å². The Bertz CT molecular complexity index is 397. The summed E-state index contributed by atoms with van der Waals surface area (Å²) in [4.78, 5) is 11.7. The van der Waals surface area contributed by atoms with E-state index >= 15 is 0 Å². The fourth-order valence-electron chi connectivity index (χ4n) is 1.79. The van der Waals surface area contributed by atoms with Crippen molar-refractivity contribution in [2.24, 2.45) is 5.92 Å². The molecule has 2 N–H and O–H groups in total. The Morgan fingerprint density at radius 3 is 2.81 bits per heavy atom. The zero-order valence-corrected chi connectivity index (χ0v) is 9.49. The maximum atomic E-state index is 11.7. The van der Waals surface area contributed by atoms with Crippen LogP contribution in [-0.2, 0) is 0 Å². The van der Waals surface area contributed by atoms with Crippen molar-refractivity contribution in [3.05, 3.63) is 29.3 Å². The molecule has 3 heteroatoms. The number of phenols is 1. The van der Waals surface area contributed by atoms with Gasteiger partial charge in [-0.25, -0.2) is 0 Å². The summed E-state index contributed by atoms with van der Waals surface area (Å²) >= 11 is 0. The second kappa shape index (κ2) is 4.56. The fraction of sp³-hybridized carbons (Fsp3) is 0.462. The quantitative estimate of drug-likeness (QED) is 0.819. The molecule has 1 aromatic carbocycles. The van der Waals surface area contributed by atoms with Crippen molar-refractivity contribution in [1.29, 1.82) is 0 Å². The third-order valence-electron chi connectivity index (χ3n) is 3.25. The molecule has 0 aliphatic heterocycles. The highest BCUT2D eigenvalue weighted by atomic mass is 16.3. The molecule has 1 fully saturated rings. The van der Waals surface area contributed by atoms with Gasteiger partial charge in [0.2, 0.25) is 0 Å². The first-order valence-corrected chi connectivity index (χ1v) is 5.74. The predicted molar refractivity (Wildman–Crippen MR) is 62.5 cm³/mol. The number of carbonyl (C=O) groups excluding carboxylic acids is 1. The predicted octanol–water partition coefficient (Wildman–Crippen LogP) is 2.23. The molecule has 0 bridgehead atoms. The maximum Gasteiger partial charge on any atom is 0.251 e. The number of hydrogen-bond acceptors (Lipinski definition) is 2. The number of benzene rings is 1. The molecule has 86 valence electrons. The van der Waals surface area contributed by atoms with Crippen LogP contribution in [0, 0.1) is 12.8 Å². The molecule has 1 amide bonds. The van der Waals surface area contributed by atoms with Crippen molar-refractivity contribution >= 4 is 5.91 Å². The average molecular weight is 219 g/mol. The zero-order chi connectivity index (χ0) is 11.5. The Morgan fingerprint density at radius 1 is 1.50 bits per heavy atom. The van der Waals surface area contributed by atoms with Crippen LogP contribution in [0.3, 0.4) is 0 Å². The summed E-state index contributed by atoms with van der Waals surface area (Å²) in [5.41, 5.74) is 1.32. The van der Waals surface area contributed by atoms with Crippen molar-refractivity contribution in [1.82, 2.24) is 5.32 Å². The van der Waals surface area contributed by atoms with Crippen molar-refractivity contribution < 1.29 is 9.90 Å². The Hall–Kier alpha value is -1.51. The molecule has 16 heavy (non-hydrogen) atoms. The molecule has 0 atom stereocenters. The van der Waals surface area contributed by atoms with E-state index in [2.05, 4.69) is 5.32 Å². The molecule has 0 unspecified atom stereocenters. The molecule has 0 spiro atoms. The van der Waals surface area contributed by atoms with Crippen LogP contribution in [0.15, 0.2) is 18.2 Å². The first-order chi connectivity index (χ1) is 7.66. The second-order valence-electron chi connectivity index (χ2n) is 4.51. The lowest BCUT2D eigenvalue weighted by molar-refractivity contribution is 0.0938. The van der Waals surface area contributed by atoms with E-state index in [1.54, 1.807) is 12.1 Å². The Labute approximate surface area is 95.5 Å². The molecule has 1 saturated carbocycles. The molecule has 0 aromatic heterocycles. The number of amides is 1. The average Bonchev–Trinajstić information content (AvgIpc) is 2.19. The minimum Gasteiger partial charge on any atom is -0.508 e. The van der Waals surface area contributed by atoms with Crippen LogP contribution in [-0.4, -0.2) is 17.6 Å². The third-order valence-corrected chi connectivity index (χ3v) is 3.25. The molecule has 0 heterocycles. The SMILES string of the molecule is Cc1ccc(C(=O)NCC2CCC2)cc1O. The largest absolute Gasteiger partial charge is 0.508 e. The number of aryl methyl sites for hydroxylation is 1. The molecule has 1 aromatic rings. The fourth-order valence-corrected chi connectivity index (χ4v) is 1.79. The number of nitrogens with one attached hydrogen (secondary N) is 1. The Kier molecular flexibility index (Phi) is 3.13. The summed E-state index contributed by atoms with van der Waals surface area (Å²) in [5.74, 6) is 0.737. The summed E-state index contributed by atoms with van der Waals surface area (Å²) in [6, 6.07) is 5.02. The van der Waals surface area contributed by atoms with Gasteiger partial charge in [0.1, 0.15) is 5.75 Å². The molecule has 0 saturated heterocycles. The highest BCUT2D eigenvalue weighted by Crippen LogP contribution is 2.25. The van der Waals surface area contributed by atoms with Crippen LogP contribution in [0.5, 0.6) is 5.75 Å². The van der Waals surface area contributed by atoms with Crippen LogP contribution in [0.1, 0.15) is 35.2 Å². The van der Waals surface area contributed by atoms with Gasteiger partial charge in [0.05, 0.1) is 0 Å². The van der Waals surface area contributed by atoms with Crippen LogP contribution in [0.25, 0.3) is 0 Å². The Balaban J connectivity index is 1.94. The molecule has 1 aliphatic rings. The zero-order valence-electron chi connectivity index (χ0n) is 9.49. The first-order valence-electron chi connectivity index (χ1n) is 5.74. The van der Waals surface area contributed by atoms with Gasteiger partial charge in [-0.05, 0) is 43.4 Å². The summed E-state index contributed by atoms with van der Waals surface area (Å²) in [6.45, 7) is 2.57. The normalized spacial score (nSPS) is 15.6. The van der Waals surface area contributed by atoms with Gasteiger partial charge in [0.15, 0.2) is 0 Å². The van der Waals surface area contributed by atoms with Gasteiger partial charge in [-0.15, -0.1) is 0 Å². The van der Waals surface area contributed by atoms with Crippen molar-refractivity contribution in [2.45, 2.75) is 26.2 Å². The van der Waals surface area contributed by atoms with E-state index in [0.717, 1.165) is 12.1 Å². The van der Waals surface area contributed by atoms with Gasteiger partial charge < -0.3 is 10.4 Å². The smallest absolute Gasteiger partial charge is 0.251 e. The number of phenolic OH excluding ortho intramolecular Hbond substituents is 1. The van der Waals surface area contributed by atoms with Gasteiger partial charge in [-0.1, -0.05) is 12.5 Å². The molecular formula is C13H17NO2. The molecule has 0 radical (unpaired) electrons. The summed E-state index contributed by atoms with van der Waals surface area (Å²) in [5, 5.41) is 12.4. The molecule has 2 rings (SSSR count). The summed E-state index contributed by atoms with van der Waals surface area (Å²) < 4.78 is 0. The third kappa shape index (κ3) is 2.35. The monoisotopic (exact) mass is 219 g/mol. The van der Waals surface area contributed by atoms with Crippen LogP contribution >= 0.6 is 0 Å². The van der Waals surface area contributed by atoms with E-state index in [1.165, 1.54) is 25.3 Å². The lowest BCUT2D eigenvalue weighted by atomic mass is 9.85. The number of rotatable bonds is 3. The maximum absolute atomic E-state index is 11.7. The minimum absolute atomic E-state index is 0.0952. The van der Waals surface area contributed by atoms with Crippen LogP contribution < -0.4 is 5.32 Å². The first kappa shape index (κ1) is 11.0. The number of hydrogen-bond donors (Lipinski definition) is 2. The van der Waals surface area contributed by atoms with E-state index in [-0.39, 0.29) is 11.7 Å². The highest BCUT2D eigenvalue weighted by molar-refractivity contribution is 5.94. The highest BCUT2D eigenvalue weighted by Gasteiger charge is 2.18.